The van der Waals surface area contributed by atoms with E-state index in [1.807, 2.05) is 0 Å². The SMILES string of the molecule is CC(=O)[C@]1(c2ccc(Cl)cc2)Nc2cc(C(F)(F)F)ccc2[C@H]1CC(=O)c1ccccc1. The van der Waals surface area contributed by atoms with Gasteiger partial charge in [-0.25, -0.2) is 0 Å². The van der Waals surface area contributed by atoms with Crippen molar-refractivity contribution in [2.75, 3.05) is 5.32 Å². The molecule has 0 aromatic heterocycles. The number of halogens is 4. The number of fused-ring (bicyclic) bond motifs is 1. The molecule has 7 heteroatoms. The number of hydrogen-bond donors (Lipinski definition) is 1. The van der Waals surface area contributed by atoms with Gasteiger partial charge in [0.1, 0.15) is 5.54 Å². The van der Waals surface area contributed by atoms with Gasteiger partial charge in [0.05, 0.1) is 5.56 Å². The number of Topliss-reactive ketones (excluding diaryl/α,β-unsaturated/α-hetero) is 2. The third-order valence-electron chi connectivity index (χ3n) is 5.95. The number of anilines is 1. The van der Waals surface area contributed by atoms with Gasteiger partial charge in [-0.3, -0.25) is 9.59 Å². The molecule has 4 rings (SSSR count). The summed E-state index contributed by atoms with van der Waals surface area (Å²) < 4.78 is 40.0. The molecule has 32 heavy (non-hydrogen) atoms. The average Bonchev–Trinajstić information content (AvgIpc) is 3.09. The predicted octanol–water partition coefficient (Wildman–Crippen LogP) is 6.63. The molecule has 3 nitrogen and oxygen atoms in total. The van der Waals surface area contributed by atoms with Crippen molar-refractivity contribution in [1.82, 2.24) is 0 Å². The standard InChI is InChI=1S/C25H19ClF3NO2/c1-15(31)24(17-7-10-19(26)11-8-17)21(14-23(32)16-5-3-2-4-6-16)20-12-9-18(25(27,28)29)13-22(20)30-24/h2-13,21,30H,14H2,1H3/t21-,24-/m1/s1. The van der Waals surface area contributed by atoms with Crippen molar-refractivity contribution in [2.45, 2.75) is 31.0 Å². The van der Waals surface area contributed by atoms with Gasteiger partial charge < -0.3 is 5.32 Å². The third-order valence-corrected chi connectivity index (χ3v) is 6.20. The fraction of sp³-hybridized carbons (Fsp3) is 0.200. The maximum atomic E-state index is 13.3. The van der Waals surface area contributed by atoms with Crippen molar-refractivity contribution in [3.8, 4) is 0 Å². The molecular formula is C25H19ClF3NO2. The van der Waals surface area contributed by atoms with E-state index in [4.69, 9.17) is 11.6 Å². The number of ketones is 2. The van der Waals surface area contributed by atoms with Crippen LogP contribution in [0.4, 0.5) is 18.9 Å². The summed E-state index contributed by atoms with van der Waals surface area (Å²) >= 11 is 6.02. The molecule has 2 atom stereocenters. The maximum absolute atomic E-state index is 13.3. The molecule has 3 aromatic carbocycles. The lowest BCUT2D eigenvalue weighted by Gasteiger charge is -2.34. The van der Waals surface area contributed by atoms with E-state index in [1.165, 1.54) is 13.0 Å². The smallest absolute Gasteiger partial charge is 0.368 e. The Balaban J connectivity index is 1.87. The predicted molar refractivity (Wildman–Crippen MR) is 117 cm³/mol. The lowest BCUT2D eigenvalue weighted by atomic mass is 9.72. The Kier molecular flexibility index (Phi) is 5.59. The van der Waals surface area contributed by atoms with Gasteiger partial charge in [0.15, 0.2) is 11.6 Å². The van der Waals surface area contributed by atoms with Crippen molar-refractivity contribution in [2.24, 2.45) is 0 Å². The van der Waals surface area contributed by atoms with Crippen LogP contribution in [0.1, 0.15) is 46.3 Å². The zero-order valence-corrected chi connectivity index (χ0v) is 17.8. The van der Waals surface area contributed by atoms with Crippen LogP contribution in [0.2, 0.25) is 5.02 Å². The van der Waals surface area contributed by atoms with Crippen molar-refractivity contribution in [3.05, 3.63) is 100 Å². The minimum absolute atomic E-state index is 0.0580. The minimum Gasteiger partial charge on any atom is -0.368 e. The molecule has 1 aliphatic rings. The Hall–Kier alpha value is -3.12. The van der Waals surface area contributed by atoms with Crippen LogP contribution in [-0.4, -0.2) is 11.6 Å². The van der Waals surface area contributed by atoms with Crippen molar-refractivity contribution < 1.29 is 22.8 Å². The first-order valence-electron chi connectivity index (χ1n) is 9.97. The second kappa shape index (κ2) is 8.10. The van der Waals surface area contributed by atoms with E-state index in [0.717, 1.165) is 12.1 Å². The number of hydrogen-bond acceptors (Lipinski definition) is 3. The number of benzene rings is 3. The Morgan fingerprint density at radius 2 is 1.66 bits per heavy atom. The first kappa shape index (κ1) is 22.1. The number of nitrogens with one attached hydrogen (secondary N) is 1. The molecule has 1 N–H and O–H groups in total. The molecule has 3 aromatic rings. The quantitative estimate of drug-likeness (QED) is 0.437. The molecule has 0 radical (unpaired) electrons. The van der Waals surface area contributed by atoms with Gasteiger partial charge in [-0.2, -0.15) is 13.2 Å². The molecule has 0 bridgehead atoms. The summed E-state index contributed by atoms with van der Waals surface area (Å²) in [4.78, 5) is 26.2. The van der Waals surface area contributed by atoms with Crippen LogP contribution >= 0.6 is 11.6 Å². The van der Waals surface area contributed by atoms with Crippen LogP contribution in [-0.2, 0) is 16.5 Å². The van der Waals surface area contributed by atoms with E-state index in [2.05, 4.69) is 5.32 Å². The van der Waals surface area contributed by atoms with E-state index in [0.29, 0.717) is 21.7 Å². The molecule has 0 fully saturated rings. The second-order valence-electron chi connectivity index (χ2n) is 7.84. The average molecular weight is 458 g/mol. The van der Waals surface area contributed by atoms with Gasteiger partial charge in [0.2, 0.25) is 0 Å². The van der Waals surface area contributed by atoms with Crippen LogP contribution in [0.3, 0.4) is 0 Å². The Morgan fingerprint density at radius 1 is 1.00 bits per heavy atom. The minimum atomic E-state index is -4.53. The molecule has 0 amide bonds. The van der Waals surface area contributed by atoms with Gasteiger partial charge in [0.25, 0.3) is 0 Å². The summed E-state index contributed by atoms with van der Waals surface area (Å²) in [5.74, 6) is -1.22. The zero-order valence-electron chi connectivity index (χ0n) is 17.0. The Morgan fingerprint density at radius 3 is 2.25 bits per heavy atom. The summed E-state index contributed by atoms with van der Waals surface area (Å²) in [6.45, 7) is 1.37. The lowest BCUT2D eigenvalue weighted by Crippen LogP contribution is -2.44. The lowest BCUT2D eigenvalue weighted by molar-refractivity contribution is -0.137. The molecule has 0 saturated carbocycles. The van der Waals surface area contributed by atoms with E-state index in [9.17, 15) is 22.8 Å². The highest BCUT2D eigenvalue weighted by Crippen LogP contribution is 2.52. The van der Waals surface area contributed by atoms with E-state index < -0.39 is 23.2 Å². The van der Waals surface area contributed by atoms with Gasteiger partial charge in [0, 0.05) is 28.6 Å². The second-order valence-corrected chi connectivity index (χ2v) is 8.28. The number of carbonyl (C=O) groups is 2. The molecular weight excluding hydrogens is 439 g/mol. The van der Waals surface area contributed by atoms with Gasteiger partial charge in [-0.1, -0.05) is 60.1 Å². The topological polar surface area (TPSA) is 46.2 Å². The number of rotatable bonds is 5. The van der Waals surface area contributed by atoms with E-state index >= 15 is 0 Å². The van der Waals surface area contributed by atoms with E-state index in [-0.39, 0.29) is 23.7 Å². The maximum Gasteiger partial charge on any atom is 0.416 e. The highest BCUT2D eigenvalue weighted by atomic mass is 35.5. The molecule has 1 aliphatic heterocycles. The van der Waals surface area contributed by atoms with Crippen molar-refractivity contribution in [3.63, 3.8) is 0 Å². The number of alkyl halides is 3. The van der Waals surface area contributed by atoms with Crippen LogP contribution in [0, 0.1) is 0 Å². The van der Waals surface area contributed by atoms with Crippen LogP contribution in [0.15, 0.2) is 72.8 Å². The molecule has 0 saturated heterocycles. The molecule has 0 spiro atoms. The molecule has 1 heterocycles. The highest BCUT2D eigenvalue weighted by molar-refractivity contribution is 6.30. The normalized spacial score (nSPS) is 19.8. The van der Waals surface area contributed by atoms with Gasteiger partial charge >= 0.3 is 6.18 Å². The fourth-order valence-corrected chi connectivity index (χ4v) is 4.52. The Labute approximate surface area is 188 Å². The zero-order chi connectivity index (χ0) is 23.1. The summed E-state index contributed by atoms with van der Waals surface area (Å²) in [6, 6.07) is 18.5. The van der Waals surface area contributed by atoms with Crippen LogP contribution in [0.25, 0.3) is 0 Å². The van der Waals surface area contributed by atoms with Crippen molar-refractivity contribution in [1.29, 1.82) is 0 Å². The van der Waals surface area contributed by atoms with Crippen LogP contribution < -0.4 is 5.32 Å². The summed E-state index contributed by atoms with van der Waals surface area (Å²) in [5.41, 5.74) is -0.538. The van der Waals surface area contributed by atoms with E-state index in [1.54, 1.807) is 54.6 Å². The Bertz CT molecular complexity index is 1180. The monoisotopic (exact) mass is 457 g/mol. The molecule has 164 valence electrons. The first-order valence-corrected chi connectivity index (χ1v) is 10.4. The largest absolute Gasteiger partial charge is 0.416 e. The molecule has 0 unspecified atom stereocenters. The summed E-state index contributed by atoms with van der Waals surface area (Å²) in [6.07, 6.45) is -4.59. The first-order chi connectivity index (χ1) is 15.1. The number of carbonyl (C=O) groups excluding carboxylic acids is 2. The summed E-state index contributed by atoms with van der Waals surface area (Å²) in [7, 11) is 0. The summed E-state index contributed by atoms with van der Waals surface area (Å²) in [5, 5.41) is 3.52. The van der Waals surface area contributed by atoms with Gasteiger partial charge in [-0.15, -0.1) is 0 Å². The van der Waals surface area contributed by atoms with Crippen LogP contribution in [0.5, 0.6) is 0 Å². The highest BCUT2D eigenvalue weighted by Gasteiger charge is 2.52. The third kappa shape index (κ3) is 3.79. The van der Waals surface area contributed by atoms with Gasteiger partial charge in [-0.05, 0) is 42.3 Å². The molecule has 0 aliphatic carbocycles. The fourth-order valence-electron chi connectivity index (χ4n) is 4.39. The van der Waals surface area contributed by atoms with Crippen molar-refractivity contribution >= 4 is 28.9 Å².